The van der Waals surface area contributed by atoms with Crippen LogP contribution < -0.4 is 0 Å². The van der Waals surface area contributed by atoms with Crippen LogP contribution in [0.4, 0.5) is 0 Å². The molecule has 98 valence electrons. The molecular weight excluding hydrogens is 242 g/mol. The lowest BCUT2D eigenvalue weighted by Gasteiger charge is -2.18. The average molecular weight is 259 g/mol. The number of nitrogens with zero attached hydrogens (tertiary/aromatic N) is 1. The molecule has 1 nitrogen and oxygen atoms in total. The summed E-state index contributed by atoms with van der Waals surface area (Å²) in [6.45, 7) is 0. The lowest BCUT2D eigenvalue weighted by molar-refractivity contribution is 0.801. The number of rotatable bonds is 4. The van der Waals surface area contributed by atoms with Gasteiger partial charge in [0.2, 0.25) is 0 Å². The number of hydrogen-bond donors (Lipinski definition) is 0. The Morgan fingerprint density at radius 1 is 0.700 bits per heavy atom. The molecular formula is C19H17N. The van der Waals surface area contributed by atoms with Crippen LogP contribution in [0.25, 0.3) is 0 Å². The van der Waals surface area contributed by atoms with Crippen molar-refractivity contribution in [3.05, 3.63) is 102 Å². The van der Waals surface area contributed by atoms with E-state index in [9.17, 15) is 0 Å². The Labute approximate surface area is 119 Å². The van der Waals surface area contributed by atoms with Crippen LogP contribution in [0.5, 0.6) is 0 Å². The standard InChI is InChI=1S/C19H17N/c1-3-9-17(10-4-1)19(18-11-5-2-6-12-18)14-16-8-7-13-20-15-16/h1-13,15,19H,14H2. The summed E-state index contributed by atoms with van der Waals surface area (Å²) in [5, 5.41) is 0. The molecule has 0 unspecified atom stereocenters. The largest absolute Gasteiger partial charge is 0.264 e. The molecule has 1 aromatic heterocycles. The molecule has 0 radical (unpaired) electrons. The molecule has 0 saturated carbocycles. The summed E-state index contributed by atoms with van der Waals surface area (Å²) < 4.78 is 0. The summed E-state index contributed by atoms with van der Waals surface area (Å²) in [7, 11) is 0. The molecule has 0 aliphatic rings. The zero-order chi connectivity index (χ0) is 13.6. The maximum Gasteiger partial charge on any atom is 0.0300 e. The number of pyridine rings is 1. The van der Waals surface area contributed by atoms with Crippen LogP contribution in [-0.2, 0) is 6.42 Å². The molecule has 0 atom stereocenters. The van der Waals surface area contributed by atoms with E-state index < -0.39 is 0 Å². The molecule has 3 rings (SSSR count). The van der Waals surface area contributed by atoms with Crippen molar-refractivity contribution >= 4 is 0 Å². The van der Waals surface area contributed by atoms with E-state index in [4.69, 9.17) is 0 Å². The summed E-state index contributed by atoms with van der Waals surface area (Å²) in [6, 6.07) is 25.5. The van der Waals surface area contributed by atoms with Gasteiger partial charge in [-0.2, -0.15) is 0 Å². The summed E-state index contributed by atoms with van der Waals surface area (Å²) in [5.41, 5.74) is 3.97. The lowest BCUT2D eigenvalue weighted by Crippen LogP contribution is -2.05. The van der Waals surface area contributed by atoms with Crippen LogP contribution >= 0.6 is 0 Å². The highest BCUT2D eigenvalue weighted by atomic mass is 14.6. The Hall–Kier alpha value is -2.41. The molecule has 1 heteroatoms. The minimum Gasteiger partial charge on any atom is -0.264 e. The molecule has 0 bridgehead atoms. The van der Waals surface area contributed by atoms with Gasteiger partial charge in [-0.15, -0.1) is 0 Å². The summed E-state index contributed by atoms with van der Waals surface area (Å²) >= 11 is 0. The zero-order valence-electron chi connectivity index (χ0n) is 11.3. The first-order chi connectivity index (χ1) is 9.93. The van der Waals surface area contributed by atoms with Crippen LogP contribution in [0.15, 0.2) is 85.2 Å². The molecule has 0 amide bonds. The van der Waals surface area contributed by atoms with E-state index in [1.807, 2.05) is 18.5 Å². The molecule has 2 aromatic carbocycles. The van der Waals surface area contributed by atoms with Gasteiger partial charge in [0.1, 0.15) is 0 Å². The van der Waals surface area contributed by atoms with Crippen molar-refractivity contribution < 1.29 is 0 Å². The second-order valence-corrected chi connectivity index (χ2v) is 4.94. The van der Waals surface area contributed by atoms with E-state index >= 15 is 0 Å². The van der Waals surface area contributed by atoms with Crippen molar-refractivity contribution in [2.24, 2.45) is 0 Å². The van der Waals surface area contributed by atoms with Gasteiger partial charge >= 0.3 is 0 Å². The van der Waals surface area contributed by atoms with Crippen molar-refractivity contribution in [3.63, 3.8) is 0 Å². The van der Waals surface area contributed by atoms with E-state index in [0.29, 0.717) is 5.92 Å². The van der Waals surface area contributed by atoms with Gasteiger partial charge in [0, 0.05) is 18.3 Å². The number of benzene rings is 2. The fraction of sp³-hybridized carbons (Fsp3) is 0.105. The SMILES string of the molecule is c1ccc(C(Cc2cccnc2)c2ccccc2)cc1. The Balaban J connectivity index is 1.96. The van der Waals surface area contributed by atoms with Crippen LogP contribution in [0.1, 0.15) is 22.6 Å². The second kappa shape index (κ2) is 6.16. The third kappa shape index (κ3) is 2.94. The molecule has 3 aromatic rings. The van der Waals surface area contributed by atoms with E-state index in [-0.39, 0.29) is 0 Å². The Kier molecular flexibility index (Phi) is 3.88. The lowest BCUT2D eigenvalue weighted by atomic mass is 9.86. The third-order valence-electron chi connectivity index (χ3n) is 3.57. The highest BCUT2D eigenvalue weighted by molar-refractivity contribution is 5.34. The fourth-order valence-corrected chi connectivity index (χ4v) is 2.55. The van der Waals surface area contributed by atoms with Gasteiger partial charge in [-0.3, -0.25) is 4.98 Å². The first-order valence-electron chi connectivity index (χ1n) is 6.92. The zero-order valence-corrected chi connectivity index (χ0v) is 11.3. The van der Waals surface area contributed by atoms with Gasteiger partial charge in [-0.25, -0.2) is 0 Å². The van der Waals surface area contributed by atoms with E-state index in [0.717, 1.165) is 6.42 Å². The second-order valence-electron chi connectivity index (χ2n) is 4.94. The first kappa shape index (κ1) is 12.6. The molecule has 0 aliphatic carbocycles. The minimum atomic E-state index is 0.376. The van der Waals surface area contributed by atoms with Crippen molar-refractivity contribution in [1.82, 2.24) is 4.98 Å². The van der Waals surface area contributed by atoms with Gasteiger partial charge in [-0.1, -0.05) is 66.7 Å². The van der Waals surface area contributed by atoms with Crippen molar-refractivity contribution in [1.29, 1.82) is 0 Å². The molecule has 0 aliphatic heterocycles. The van der Waals surface area contributed by atoms with Gasteiger partial charge in [-0.05, 0) is 29.2 Å². The summed E-state index contributed by atoms with van der Waals surface area (Å²) in [5.74, 6) is 0.376. The Morgan fingerprint density at radius 3 is 1.80 bits per heavy atom. The molecule has 0 fully saturated rings. The smallest absolute Gasteiger partial charge is 0.0300 e. The number of aromatic nitrogens is 1. The number of hydrogen-bond acceptors (Lipinski definition) is 1. The van der Waals surface area contributed by atoms with Crippen molar-refractivity contribution in [2.75, 3.05) is 0 Å². The van der Waals surface area contributed by atoms with E-state index in [1.54, 1.807) is 0 Å². The van der Waals surface area contributed by atoms with E-state index in [1.165, 1.54) is 16.7 Å². The van der Waals surface area contributed by atoms with Gasteiger partial charge in [0.05, 0.1) is 0 Å². The predicted octanol–water partition coefficient (Wildman–Crippen LogP) is 4.46. The van der Waals surface area contributed by atoms with Gasteiger partial charge < -0.3 is 0 Å². The van der Waals surface area contributed by atoms with Crippen LogP contribution in [-0.4, -0.2) is 4.98 Å². The van der Waals surface area contributed by atoms with Crippen molar-refractivity contribution in [3.8, 4) is 0 Å². The van der Waals surface area contributed by atoms with Crippen LogP contribution in [0.3, 0.4) is 0 Å². The minimum absolute atomic E-state index is 0.376. The quantitative estimate of drug-likeness (QED) is 0.674. The molecule has 0 spiro atoms. The maximum atomic E-state index is 4.23. The first-order valence-corrected chi connectivity index (χ1v) is 6.92. The normalized spacial score (nSPS) is 10.7. The van der Waals surface area contributed by atoms with Gasteiger partial charge in [0.15, 0.2) is 0 Å². The fourth-order valence-electron chi connectivity index (χ4n) is 2.55. The van der Waals surface area contributed by atoms with Crippen LogP contribution in [0, 0.1) is 0 Å². The highest BCUT2D eigenvalue weighted by Gasteiger charge is 2.14. The Bertz CT molecular complexity index is 593. The topological polar surface area (TPSA) is 12.9 Å². The average Bonchev–Trinajstić information content (AvgIpc) is 2.55. The van der Waals surface area contributed by atoms with Gasteiger partial charge in [0.25, 0.3) is 0 Å². The summed E-state index contributed by atoms with van der Waals surface area (Å²) in [6.07, 6.45) is 4.75. The Morgan fingerprint density at radius 2 is 1.30 bits per heavy atom. The summed E-state index contributed by atoms with van der Waals surface area (Å²) in [4.78, 5) is 4.23. The maximum absolute atomic E-state index is 4.23. The monoisotopic (exact) mass is 259 g/mol. The molecule has 20 heavy (non-hydrogen) atoms. The third-order valence-corrected chi connectivity index (χ3v) is 3.57. The van der Waals surface area contributed by atoms with Crippen molar-refractivity contribution in [2.45, 2.75) is 12.3 Å². The van der Waals surface area contributed by atoms with Crippen LogP contribution in [0.2, 0.25) is 0 Å². The molecule has 0 saturated heterocycles. The van der Waals surface area contributed by atoms with E-state index in [2.05, 4.69) is 71.7 Å². The molecule has 1 heterocycles. The predicted molar refractivity (Wildman–Crippen MR) is 82.7 cm³/mol. The highest BCUT2D eigenvalue weighted by Crippen LogP contribution is 2.28. The molecule has 0 N–H and O–H groups in total.